The molecular formula is C10H13N3S4. The molecule has 2 aromatic rings. The molecule has 92 valence electrons. The zero-order chi connectivity index (χ0) is 11.9. The van der Waals surface area contributed by atoms with E-state index in [0.717, 1.165) is 27.5 Å². The van der Waals surface area contributed by atoms with Crippen molar-refractivity contribution in [3.63, 3.8) is 0 Å². The highest BCUT2D eigenvalue weighted by molar-refractivity contribution is 8.02. The molecule has 0 saturated carbocycles. The number of hydrogen-bond acceptors (Lipinski definition) is 7. The van der Waals surface area contributed by atoms with E-state index < -0.39 is 0 Å². The Bertz CT molecular complexity index is 426. The SMILES string of the molecule is CSc1nnc(SCCNCc2cccs2)s1. The highest BCUT2D eigenvalue weighted by Gasteiger charge is 2.02. The fraction of sp³-hybridized carbons (Fsp3) is 0.400. The van der Waals surface area contributed by atoms with Crippen molar-refractivity contribution in [3.05, 3.63) is 22.4 Å². The van der Waals surface area contributed by atoms with Crippen LogP contribution in [-0.4, -0.2) is 28.8 Å². The third-order valence-electron chi connectivity index (χ3n) is 1.95. The molecule has 0 aromatic carbocycles. The molecule has 2 aromatic heterocycles. The normalized spacial score (nSPS) is 10.9. The molecule has 0 bridgehead atoms. The Morgan fingerprint density at radius 2 is 2.24 bits per heavy atom. The Morgan fingerprint density at radius 3 is 2.94 bits per heavy atom. The van der Waals surface area contributed by atoms with E-state index >= 15 is 0 Å². The molecular weight excluding hydrogens is 290 g/mol. The molecule has 0 amide bonds. The first-order valence-corrected chi connectivity index (χ1v) is 9.02. The molecule has 7 heteroatoms. The molecule has 0 saturated heterocycles. The van der Waals surface area contributed by atoms with Crippen molar-refractivity contribution < 1.29 is 0 Å². The summed E-state index contributed by atoms with van der Waals surface area (Å²) in [5.41, 5.74) is 0. The summed E-state index contributed by atoms with van der Waals surface area (Å²) in [4.78, 5) is 1.38. The lowest BCUT2D eigenvalue weighted by Gasteiger charge is -2.00. The van der Waals surface area contributed by atoms with Gasteiger partial charge >= 0.3 is 0 Å². The summed E-state index contributed by atoms with van der Waals surface area (Å²) in [6.07, 6.45) is 2.03. The van der Waals surface area contributed by atoms with Gasteiger partial charge in [0, 0.05) is 23.7 Å². The maximum atomic E-state index is 4.12. The van der Waals surface area contributed by atoms with Gasteiger partial charge in [0.15, 0.2) is 8.68 Å². The minimum Gasteiger partial charge on any atom is -0.311 e. The number of nitrogens with one attached hydrogen (secondary N) is 1. The number of aromatic nitrogens is 2. The topological polar surface area (TPSA) is 37.8 Å². The van der Waals surface area contributed by atoms with Crippen molar-refractivity contribution in [2.75, 3.05) is 18.6 Å². The minimum absolute atomic E-state index is 0.963. The van der Waals surface area contributed by atoms with Gasteiger partial charge in [-0.3, -0.25) is 0 Å². The first kappa shape index (κ1) is 13.4. The first-order chi connectivity index (χ1) is 8.38. The van der Waals surface area contributed by atoms with Crippen molar-refractivity contribution in [2.24, 2.45) is 0 Å². The fourth-order valence-corrected chi connectivity index (χ4v) is 4.25. The quantitative estimate of drug-likeness (QED) is 0.628. The van der Waals surface area contributed by atoms with Crippen molar-refractivity contribution in [3.8, 4) is 0 Å². The Kier molecular flexibility index (Phi) is 5.79. The lowest BCUT2D eigenvalue weighted by atomic mass is 10.4. The summed E-state index contributed by atoms with van der Waals surface area (Å²) in [6, 6.07) is 4.24. The lowest BCUT2D eigenvalue weighted by Crippen LogP contribution is -2.15. The van der Waals surface area contributed by atoms with Crippen molar-refractivity contribution >= 4 is 46.2 Å². The van der Waals surface area contributed by atoms with E-state index in [9.17, 15) is 0 Å². The number of thioether (sulfide) groups is 2. The second-order valence-corrected chi connectivity index (χ2v) is 7.55. The van der Waals surface area contributed by atoms with Gasteiger partial charge in [0.2, 0.25) is 0 Å². The molecule has 0 atom stereocenters. The zero-order valence-electron chi connectivity index (χ0n) is 9.38. The van der Waals surface area contributed by atoms with Crippen LogP contribution in [0.5, 0.6) is 0 Å². The van der Waals surface area contributed by atoms with Gasteiger partial charge in [0.1, 0.15) is 0 Å². The van der Waals surface area contributed by atoms with Crippen LogP contribution in [0, 0.1) is 0 Å². The molecule has 0 fully saturated rings. The first-order valence-electron chi connectivity index (χ1n) is 5.12. The molecule has 0 aliphatic carbocycles. The van der Waals surface area contributed by atoms with E-state index in [-0.39, 0.29) is 0 Å². The molecule has 2 heterocycles. The third-order valence-corrected chi connectivity index (χ3v) is 5.86. The number of thiophene rings is 1. The highest BCUT2D eigenvalue weighted by Crippen LogP contribution is 2.26. The molecule has 17 heavy (non-hydrogen) atoms. The molecule has 1 N–H and O–H groups in total. The summed E-state index contributed by atoms with van der Waals surface area (Å²) >= 11 is 6.87. The van der Waals surface area contributed by atoms with E-state index in [1.807, 2.05) is 6.26 Å². The van der Waals surface area contributed by atoms with Gasteiger partial charge in [-0.05, 0) is 17.7 Å². The van der Waals surface area contributed by atoms with E-state index in [0.29, 0.717) is 0 Å². The van der Waals surface area contributed by atoms with Crippen LogP contribution in [0.25, 0.3) is 0 Å². The summed E-state index contributed by atoms with van der Waals surface area (Å²) in [6.45, 7) is 1.96. The van der Waals surface area contributed by atoms with Crippen LogP contribution >= 0.6 is 46.2 Å². The number of hydrogen-bond donors (Lipinski definition) is 1. The third kappa shape index (κ3) is 4.59. The second-order valence-electron chi connectivity index (χ2n) is 3.14. The minimum atomic E-state index is 0.963. The van der Waals surface area contributed by atoms with E-state index in [4.69, 9.17) is 0 Å². The Balaban J connectivity index is 1.60. The highest BCUT2D eigenvalue weighted by atomic mass is 32.2. The standard InChI is InChI=1S/C10H13N3S4/c1-14-9-12-13-10(17-9)16-6-4-11-7-8-3-2-5-15-8/h2-3,5,11H,4,6-7H2,1H3. The number of nitrogens with zero attached hydrogens (tertiary/aromatic N) is 2. The van der Waals surface area contributed by atoms with E-state index in [1.54, 1.807) is 46.2 Å². The van der Waals surface area contributed by atoms with Crippen molar-refractivity contribution in [1.29, 1.82) is 0 Å². The second kappa shape index (κ2) is 7.38. The predicted molar refractivity (Wildman–Crippen MR) is 78.4 cm³/mol. The molecule has 0 radical (unpaired) electrons. The van der Waals surface area contributed by atoms with Crippen LogP contribution in [0.1, 0.15) is 4.88 Å². The maximum absolute atomic E-state index is 4.12. The van der Waals surface area contributed by atoms with Crippen LogP contribution in [0.3, 0.4) is 0 Å². The van der Waals surface area contributed by atoms with Crippen molar-refractivity contribution in [1.82, 2.24) is 15.5 Å². The van der Waals surface area contributed by atoms with Gasteiger partial charge in [-0.15, -0.1) is 21.5 Å². The number of rotatable bonds is 7. The summed E-state index contributed by atoms with van der Waals surface area (Å²) in [7, 11) is 0. The summed E-state index contributed by atoms with van der Waals surface area (Å²) in [5, 5.41) is 13.7. The average molecular weight is 304 g/mol. The lowest BCUT2D eigenvalue weighted by molar-refractivity contribution is 0.740. The smallest absolute Gasteiger partial charge is 0.175 e. The van der Waals surface area contributed by atoms with E-state index in [1.165, 1.54) is 4.88 Å². The van der Waals surface area contributed by atoms with Gasteiger partial charge in [-0.25, -0.2) is 0 Å². The molecule has 0 spiro atoms. The Labute approximate surface area is 117 Å². The van der Waals surface area contributed by atoms with Crippen LogP contribution < -0.4 is 5.32 Å². The molecule has 3 nitrogen and oxygen atoms in total. The van der Waals surface area contributed by atoms with Gasteiger partial charge in [-0.2, -0.15) is 0 Å². The molecule has 2 rings (SSSR count). The van der Waals surface area contributed by atoms with Crippen LogP contribution in [0.2, 0.25) is 0 Å². The molecule has 0 aliphatic heterocycles. The van der Waals surface area contributed by atoms with Crippen molar-refractivity contribution in [2.45, 2.75) is 15.2 Å². The summed E-state index contributed by atoms with van der Waals surface area (Å²) < 4.78 is 2.10. The van der Waals surface area contributed by atoms with Crippen LogP contribution in [-0.2, 0) is 6.54 Å². The van der Waals surface area contributed by atoms with E-state index in [2.05, 4.69) is 33.0 Å². The zero-order valence-corrected chi connectivity index (χ0v) is 12.6. The van der Waals surface area contributed by atoms with Gasteiger partial charge in [-0.1, -0.05) is 40.9 Å². The molecule has 0 unspecified atom stereocenters. The van der Waals surface area contributed by atoms with Gasteiger partial charge in [0.25, 0.3) is 0 Å². The molecule has 0 aliphatic rings. The average Bonchev–Trinajstić information content (AvgIpc) is 2.99. The van der Waals surface area contributed by atoms with Gasteiger partial charge in [0.05, 0.1) is 0 Å². The largest absolute Gasteiger partial charge is 0.311 e. The van der Waals surface area contributed by atoms with Gasteiger partial charge < -0.3 is 5.32 Å². The predicted octanol–water partition coefficient (Wildman–Crippen LogP) is 3.20. The fourth-order valence-electron chi connectivity index (χ4n) is 1.17. The Morgan fingerprint density at radius 1 is 1.35 bits per heavy atom. The van der Waals surface area contributed by atoms with Crippen LogP contribution in [0.4, 0.5) is 0 Å². The monoisotopic (exact) mass is 303 g/mol. The summed E-state index contributed by atoms with van der Waals surface area (Å²) in [5.74, 6) is 1.04. The van der Waals surface area contributed by atoms with Crippen LogP contribution in [0.15, 0.2) is 26.2 Å². The Hall–Kier alpha value is -0.0800. The maximum Gasteiger partial charge on any atom is 0.175 e.